The fourth-order valence-corrected chi connectivity index (χ4v) is 2.00. The van der Waals surface area contributed by atoms with Crippen LogP contribution in [0.2, 0.25) is 0 Å². The van der Waals surface area contributed by atoms with Crippen molar-refractivity contribution in [3.05, 3.63) is 59.2 Å². The van der Waals surface area contributed by atoms with Gasteiger partial charge >= 0.3 is 0 Å². The number of aromatic nitrogens is 2. The second-order valence-electron chi connectivity index (χ2n) is 3.84. The maximum absolute atomic E-state index is 12.0. The molecule has 0 amide bonds. The van der Waals surface area contributed by atoms with Crippen LogP contribution in [0.25, 0.3) is 6.08 Å². The Hall–Kier alpha value is -2.16. The molecule has 2 aromatic rings. The normalized spacial score (nSPS) is 16.8. The van der Waals surface area contributed by atoms with Crippen molar-refractivity contribution in [1.82, 2.24) is 9.97 Å². The van der Waals surface area contributed by atoms with Crippen LogP contribution >= 0.6 is 0 Å². The molecule has 78 valence electrons. The van der Waals surface area contributed by atoms with Crippen molar-refractivity contribution in [2.24, 2.45) is 0 Å². The number of hydrogen-bond donors (Lipinski definition) is 1. The first-order chi connectivity index (χ1) is 7.84. The van der Waals surface area contributed by atoms with Gasteiger partial charge in [-0.15, -0.1) is 0 Å². The van der Waals surface area contributed by atoms with Gasteiger partial charge in [0.25, 0.3) is 0 Å². The highest BCUT2D eigenvalue weighted by molar-refractivity contribution is 6.15. The molecule has 0 bridgehead atoms. The molecule has 1 aromatic heterocycles. The summed E-state index contributed by atoms with van der Waals surface area (Å²) < 4.78 is 0. The summed E-state index contributed by atoms with van der Waals surface area (Å²) >= 11 is 0. The van der Waals surface area contributed by atoms with Crippen molar-refractivity contribution in [2.75, 3.05) is 0 Å². The molecule has 0 radical (unpaired) electrons. The smallest absolute Gasteiger partial charge is 0.189 e. The molecule has 1 heterocycles. The van der Waals surface area contributed by atoms with Crippen LogP contribution in [0, 0.1) is 0 Å². The van der Waals surface area contributed by atoms with Crippen LogP contribution in [0.3, 0.4) is 0 Å². The number of Topliss-reactive ketones (excluding diaryl/α,β-unsaturated/α-hetero) is 1. The van der Waals surface area contributed by atoms with E-state index in [0.717, 1.165) is 22.4 Å². The van der Waals surface area contributed by atoms with E-state index < -0.39 is 0 Å². The summed E-state index contributed by atoms with van der Waals surface area (Å²) in [4.78, 5) is 18.9. The Morgan fingerprint density at radius 1 is 1.31 bits per heavy atom. The van der Waals surface area contributed by atoms with E-state index in [1.54, 1.807) is 12.5 Å². The monoisotopic (exact) mass is 210 g/mol. The van der Waals surface area contributed by atoms with Gasteiger partial charge in [0.05, 0.1) is 18.2 Å². The van der Waals surface area contributed by atoms with Gasteiger partial charge in [0.15, 0.2) is 5.78 Å². The van der Waals surface area contributed by atoms with E-state index in [1.807, 2.05) is 30.3 Å². The zero-order chi connectivity index (χ0) is 11.0. The lowest BCUT2D eigenvalue weighted by molar-refractivity contribution is 0.104. The van der Waals surface area contributed by atoms with Crippen molar-refractivity contribution in [1.29, 1.82) is 0 Å². The lowest BCUT2D eigenvalue weighted by Gasteiger charge is -1.92. The van der Waals surface area contributed by atoms with Crippen LogP contribution < -0.4 is 0 Å². The minimum atomic E-state index is 0.130. The average molecular weight is 210 g/mol. The van der Waals surface area contributed by atoms with Crippen LogP contribution in [0.15, 0.2) is 42.4 Å². The minimum Gasteiger partial charge on any atom is -0.345 e. The summed E-state index contributed by atoms with van der Waals surface area (Å²) in [6, 6.07) is 7.74. The predicted octanol–water partition coefficient (Wildman–Crippen LogP) is 2.23. The fraction of sp³-hybridized carbons (Fsp3) is 0.0769. The SMILES string of the molecule is O=C1C(=Cc2cnc[nH]2)Cc2ccccc21. The summed E-state index contributed by atoms with van der Waals surface area (Å²) in [5, 5.41) is 0. The number of carbonyl (C=O) groups is 1. The van der Waals surface area contributed by atoms with Gasteiger partial charge in [0, 0.05) is 17.6 Å². The Bertz CT molecular complexity index is 567. The van der Waals surface area contributed by atoms with Crippen molar-refractivity contribution in [3.63, 3.8) is 0 Å². The van der Waals surface area contributed by atoms with Gasteiger partial charge in [-0.3, -0.25) is 4.79 Å². The summed E-state index contributed by atoms with van der Waals surface area (Å²) in [5.74, 6) is 0.130. The maximum atomic E-state index is 12.0. The average Bonchev–Trinajstić information content (AvgIpc) is 2.90. The topological polar surface area (TPSA) is 45.8 Å². The van der Waals surface area contributed by atoms with E-state index in [9.17, 15) is 4.79 Å². The second-order valence-corrected chi connectivity index (χ2v) is 3.84. The van der Waals surface area contributed by atoms with Crippen LogP contribution in [0.5, 0.6) is 0 Å². The summed E-state index contributed by atoms with van der Waals surface area (Å²) in [6.07, 6.45) is 5.91. The van der Waals surface area contributed by atoms with E-state index in [4.69, 9.17) is 0 Å². The predicted molar refractivity (Wildman–Crippen MR) is 61.0 cm³/mol. The van der Waals surface area contributed by atoms with Gasteiger partial charge in [-0.05, 0) is 11.6 Å². The van der Waals surface area contributed by atoms with Crippen molar-refractivity contribution >= 4 is 11.9 Å². The lowest BCUT2D eigenvalue weighted by atomic mass is 10.1. The highest BCUT2D eigenvalue weighted by Crippen LogP contribution is 2.26. The van der Waals surface area contributed by atoms with Gasteiger partial charge in [0.2, 0.25) is 0 Å². The number of nitrogens with zero attached hydrogens (tertiary/aromatic N) is 1. The molecule has 0 spiro atoms. The third-order valence-electron chi connectivity index (χ3n) is 2.78. The number of hydrogen-bond acceptors (Lipinski definition) is 2. The van der Waals surface area contributed by atoms with E-state index >= 15 is 0 Å². The second kappa shape index (κ2) is 3.45. The van der Waals surface area contributed by atoms with E-state index in [0.29, 0.717) is 6.42 Å². The van der Waals surface area contributed by atoms with Gasteiger partial charge in [-0.2, -0.15) is 0 Å². The molecule has 0 fully saturated rings. The zero-order valence-corrected chi connectivity index (χ0v) is 8.60. The van der Waals surface area contributed by atoms with E-state index in [2.05, 4.69) is 9.97 Å². The number of H-pyrrole nitrogens is 1. The number of allylic oxidation sites excluding steroid dienone is 1. The molecule has 1 aromatic carbocycles. The number of imidazole rings is 1. The molecule has 0 saturated carbocycles. The van der Waals surface area contributed by atoms with Crippen LogP contribution in [-0.4, -0.2) is 15.8 Å². The quantitative estimate of drug-likeness (QED) is 0.733. The molecular formula is C13H10N2O. The highest BCUT2D eigenvalue weighted by atomic mass is 16.1. The molecule has 3 nitrogen and oxygen atoms in total. The Morgan fingerprint density at radius 2 is 2.19 bits per heavy atom. The molecule has 3 heteroatoms. The Labute approximate surface area is 92.8 Å². The molecule has 3 rings (SSSR count). The number of nitrogens with one attached hydrogen (secondary N) is 1. The lowest BCUT2D eigenvalue weighted by Crippen LogP contribution is -1.94. The molecule has 16 heavy (non-hydrogen) atoms. The van der Waals surface area contributed by atoms with Gasteiger partial charge < -0.3 is 4.98 Å². The zero-order valence-electron chi connectivity index (χ0n) is 8.60. The third kappa shape index (κ3) is 1.37. The first kappa shape index (κ1) is 9.09. The molecule has 1 N–H and O–H groups in total. The fourth-order valence-electron chi connectivity index (χ4n) is 2.00. The first-order valence-corrected chi connectivity index (χ1v) is 5.16. The molecular weight excluding hydrogens is 200 g/mol. The number of fused-ring (bicyclic) bond motifs is 1. The van der Waals surface area contributed by atoms with Gasteiger partial charge in [-0.25, -0.2) is 4.98 Å². The van der Waals surface area contributed by atoms with E-state index in [-0.39, 0.29) is 5.78 Å². The molecule has 1 aliphatic rings. The largest absolute Gasteiger partial charge is 0.345 e. The molecule has 0 unspecified atom stereocenters. The third-order valence-corrected chi connectivity index (χ3v) is 2.78. The Kier molecular flexibility index (Phi) is 1.96. The number of benzene rings is 1. The van der Waals surface area contributed by atoms with Crippen molar-refractivity contribution < 1.29 is 4.79 Å². The summed E-state index contributed by atoms with van der Waals surface area (Å²) in [7, 11) is 0. The summed E-state index contributed by atoms with van der Waals surface area (Å²) in [6.45, 7) is 0. The van der Waals surface area contributed by atoms with Crippen molar-refractivity contribution in [3.8, 4) is 0 Å². The van der Waals surface area contributed by atoms with Crippen LogP contribution in [0.4, 0.5) is 0 Å². The highest BCUT2D eigenvalue weighted by Gasteiger charge is 2.23. The molecule has 0 aliphatic heterocycles. The minimum absolute atomic E-state index is 0.130. The maximum Gasteiger partial charge on any atom is 0.189 e. The summed E-state index contributed by atoms with van der Waals surface area (Å²) in [5.41, 5.74) is 3.63. The van der Waals surface area contributed by atoms with Crippen LogP contribution in [0.1, 0.15) is 21.6 Å². The van der Waals surface area contributed by atoms with E-state index in [1.165, 1.54) is 0 Å². The number of aromatic amines is 1. The first-order valence-electron chi connectivity index (χ1n) is 5.16. The number of rotatable bonds is 1. The van der Waals surface area contributed by atoms with Crippen molar-refractivity contribution in [2.45, 2.75) is 6.42 Å². The number of ketones is 1. The Morgan fingerprint density at radius 3 is 2.94 bits per heavy atom. The van der Waals surface area contributed by atoms with Gasteiger partial charge in [0.1, 0.15) is 0 Å². The van der Waals surface area contributed by atoms with Gasteiger partial charge in [-0.1, -0.05) is 24.3 Å². The standard InChI is InChI=1S/C13H10N2O/c16-13-10(6-11-7-14-8-15-11)5-9-3-1-2-4-12(9)13/h1-4,6-8H,5H2,(H,14,15). The van der Waals surface area contributed by atoms with Crippen LogP contribution in [-0.2, 0) is 6.42 Å². The molecule has 1 aliphatic carbocycles. The molecule has 0 saturated heterocycles. The molecule has 0 atom stereocenters. The number of carbonyl (C=O) groups excluding carboxylic acids is 1. The Balaban J connectivity index is 2.02.